The number of carbonyl (C=O) groups is 2. The average Bonchev–Trinajstić information content (AvgIpc) is 2.69. The number of hydrogen-bond donors (Lipinski definition) is 1. The van der Waals surface area contributed by atoms with E-state index in [2.05, 4.69) is 5.32 Å². The Morgan fingerprint density at radius 1 is 1.14 bits per heavy atom. The fourth-order valence-electron chi connectivity index (χ4n) is 3.00. The molecule has 0 aromatic heterocycles. The molecule has 0 bridgehead atoms. The molecule has 2 amide bonds. The lowest BCUT2D eigenvalue weighted by Crippen LogP contribution is -2.49. The second-order valence-corrected chi connectivity index (χ2v) is 7.70. The Bertz CT molecular complexity index is 886. The van der Waals surface area contributed by atoms with Crippen molar-refractivity contribution in [3.8, 4) is 5.75 Å². The van der Waals surface area contributed by atoms with Gasteiger partial charge in [-0.2, -0.15) is 0 Å². The maximum absolute atomic E-state index is 13.1. The topological polar surface area (TPSA) is 58.6 Å². The number of rotatable bonds is 8. The Balaban J connectivity index is 2.26. The van der Waals surface area contributed by atoms with Crippen LogP contribution in [-0.2, 0) is 16.1 Å². The zero-order chi connectivity index (χ0) is 21.6. The predicted molar refractivity (Wildman–Crippen MR) is 117 cm³/mol. The number of ether oxygens (including phenoxy) is 1. The summed E-state index contributed by atoms with van der Waals surface area (Å²) >= 11 is 12.3. The van der Waals surface area contributed by atoms with Gasteiger partial charge >= 0.3 is 0 Å². The molecule has 0 saturated carbocycles. The van der Waals surface area contributed by atoms with Crippen molar-refractivity contribution in [2.75, 3.05) is 13.7 Å². The summed E-state index contributed by atoms with van der Waals surface area (Å²) in [5, 5.41) is 3.57. The molecule has 2 aromatic carbocycles. The van der Waals surface area contributed by atoms with Crippen molar-refractivity contribution in [3.05, 3.63) is 63.1 Å². The van der Waals surface area contributed by atoms with E-state index in [1.165, 1.54) is 4.90 Å². The molecule has 0 aliphatic carbocycles. The quantitative estimate of drug-likeness (QED) is 0.660. The number of hydrogen-bond acceptors (Lipinski definition) is 3. The summed E-state index contributed by atoms with van der Waals surface area (Å²) < 4.78 is 5.78. The molecule has 0 aliphatic heterocycles. The van der Waals surface area contributed by atoms with Crippen LogP contribution in [0.5, 0.6) is 5.75 Å². The van der Waals surface area contributed by atoms with Crippen LogP contribution in [-0.4, -0.2) is 36.4 Å². The number of nitrogens with one attached hydrogen (secondary N) is 1. The van der Waals surface area contributed by atoms with E-state index >= 15 is 0 Å². The minimum Gasteiger partial charge on any atom is -0.483 e. The first-order valence-corrected chi connectivity index (χ1v) is 10.2. The highest BCUT2D eigenvalue weighted by Gasteiger charge is 2.29. The van der Waals surface area contributed by atoms with Gasteiger partial charge in [-0.15, -0.1) is 0 Å². The van der Waals surface area contributed by atoms with Gasteiger partial charge in [0.25, 0.3) is 5.91 Å². The van der Waals surface area contributed by atoms with Crippen LogP contribution in [0.15, 0.2) is 36.4 Å². The number of halogens is 2. The highest BCUT2D eigenvalue weighted by atomic mass is 35.5. The zero-order valence-electron chi connectivity index (χ0n) is 17.1. The molecule has 2 aromatic rings. The van der Waals surface area contributed by atoms with E-state index in [0.29, 0.717) is 27.8 Å². The first-order chi connectivity index (χ1) is 13.8. The summed E-state index contributed by atoms with van der Waals surface area (Å²) in [5.41, 5.74) is 2.69. The summed E-state index contributed by atoms with van der Waals surface area (Å²) in [6.45, 7) is 5.74. The largest absolute Gasteiger partial charge is 0.483 e. The standard InChI is InChI=1S/C22H26Cl2N2O3/c1-5-19(22(28)25-4)26(12-16-8-9-17(23)11-18(16)24)21(27)13-29-20-10-14(2)6-7-15(20)3/h6-11,19H,5,12-13H2,1-4H3,(H,25,28)/t19-/m0/s1. The smallest absolute Gasteiger partial charge is 0.261 e. The van der Waals surface area contributed by atoms with E-state index < -0.39 is 6.04 Å². The van der Waals surface area contributed by atoms with E-state index in [9.17, 15) is 9.59 Å². The van der Waals surface area contributed by atoms with Crippen LogP contribution in [0.1, 0.15) is 30.0 Å². The molecule has 7 heteroatoms. The van der Waals surface area contributed by atoms with Crippen LogP contribution in [0.25, 0.3) is 0 Å². The molecule has 29 heavy (non-hydrogen) atoms. The van der Waals surface area contributed by atoms with Crippen LogP contribution < -0.4 is 10.1 Å². The first-order valence-electron chi connectivity index (χ1n) is 9.41. The van der Waals surface area contributed by atoms with Gasteiger partial charge in [0.2, 0.25) is 5.91 Å². The fourth-order valence-corrected chi connectivity index (χ4v) is 3.47. The van der Waals surface area contributed by atoms with Crippen molar-refractivity contribution in [1.82, 2.24) is 10.2 Å². The Labute approximate surface area is 181 Å². The third kappa shape index (κ3) is 6.12. The lowest BCUT2D eigenvalue weighted by Gasteiger charge is -2.30. The molecule has 0 saturated heterocycles. The van der Waals surface area contributed by atoms with E-state index in [1.54, 1.807) is 25.2 Å². The molecule has 0 spiro atoms. The van der Waals surface area contributed by atoms with Crippen molar-refractivity contribution >= 4 is 35.0 Å². The monoisotopic (exact) mass is 436 g/mol. The normalized spacial score (nSPS) is 11.7. The van der Waals surface area contributed by atoms with Gasteiger partial charge < -0.3 is 15.0 Å². The molecular weight excluding hydrogens is 411 g/mol. The Morgan fingerprint density at radius 3 is 2.48 bits per heavy atom. The van der Waals surface area contributed by atoms with E-state index in [4.69, 9.17) is 27.9 Å². The number of carbonyl (C=O) groups excluding carboxylic acids is 2. The molecule has 5 nitrogen and oxygen atoms in total. The first kappa shape index (κ1) is 23.0. The molecule has 1 atom stereocenters. The third-order valence-electron chi connectivity index (χ3n) is 4.68. The molecule has 0 heterocycles. The van der Waals surface area contributed by atoms with Crippen LogP contribution in [0.3, 0.4) is 0 Å². The predicted octanol–water partition coefficient (Wildman–Crippen LogP) is 4.54. The van der Waals surface area contributed by atoms with Crippen molar-refractivity contribution in [3.63, 3.8) is 0 Å². The fraction of sp³-hybridized carbons (Fsp3) is 0.364. The van der Waals surface area contributed by atoms with Crippen molar-refractivity contribution in [2.45, 2.75) is 39.8 Å². The number of likely N-dealkylation sites (N-methyl/N-ethyl adjacent to an activating group) is 1. The average molecular weight is 437 g/mol. The zero-order valence-corrected chi connectivity index (χ0v) is 18.6. The van der Waals surface area contributed by atoms with Gasteiger partial charge in [-0.25, -0.2) is 0 Å². The van der Waals surface area contributed by atoms with Gasteiger partial charge in [-0.1, -0.05) is 48.3 Å². The Morgan fingerprint density at radius 2 is 1.86 bits per heavy atom. The third-order valence-corrected chi connectivity index (χ3v) is 5.27. The molecular formula is C22H26Cl2N2O3. The molecule has 156 valence electrons. The maximum atomic E-state index is 13.1. The molecule has 0 aliphatic rings. The van der Waals surface area contributed by atoms with Gasteiger partial charge in [0.15, 0.2) is 6.61 Å². The highest BCUT2D eigenvalue weighted by molar-refractivity contribution is 6.35. The van der Waals surface area contributed by atoms with Gasteiger partial charge in [0.05, 0.1) is 0 Å². The van der Waals surface area contributed by atoms with Crippen LogP contribution >= 0.6 is 23.2 Å². The maximum Gasteiger partial charge on any atom is 0.261 e. The minimum absolute atomic E-state index is 0.178. The second-order valence-electron chi connectivity index (χ2n) is 6.85. The van der Waals surface area contributed by atoms with Gasteiger partial charge in [-0.3, -0.25) is 9.59 Å². The molecule has 0 fully saturated rings. The number of amides is 2. The van der Waals surface area contributed by atoms with Crippen LogP contribution in [0, 0.1) is 13.8 Å². The molecule has 0 unspecified atom stereocenters. The molecule has 2 rings (SSSR count). The van der Waals surface area contributed by atoms with Crippen molar-refractivity contribution < 1.29 is 14.3 Å². The number of benzene rings is 2. The van der Waals surface area contributed by atoms with Gasteiger partial charge in [0.1, 0.15) is 11.8 Å². The number of nitrogens with zero attached hydrogens (tertiary/aromatic N) is 1. The van der Waals surface area contributed by atoms with Crippen LogP contribution in [0.2, 0.25) is 10.0 Å². The molecule has 1 N–H and O–H groups in total. The highest BCUT2D eigenvalue weighted by Crippen LogP contribution is 2.24. The summed E-state index contributed by atoms with van der Waals surface area (Å²) in [5.74, 6) is 0.112. The Kier molecular flexibility index (Phi) is 8.35. The van der Waals surface area contributed by atoms with Crippen molar-refractivity contribution in [2.24, 2.45) is 0 Å². The lowest BCUT2D eigenvalue weighted by molar-refractivity contribution is -0.142. The van der Waals surface area contributed by atoms with E-state index in [0.717, 1.165) is 11.1 Å². The lowest BCUT2D eigenvalue weighted by atomic mass is 10.1. The van der Waals surface area contributed by atoms with Crippen LogP contribution in [0.4, 0.5) is 0 Å². The minimum atomic E-state index is -0.638. The number of aryl methyl sites for hydroxylation is 2. The van der Waals surface area contributed by atoms with Crippen molar-refractivity contribution in [1.29, 1.82) is 0 Å². The summed E-state index contributed by atoms with van der Waals surface area (Å²) in [6, 6.07) is 10.3. The second kappa shape index (κ2) is 10.5. The SMILES string of the molecule is CC[C@@H](C(=O)NC)N(Cc1ccc(Cl)cc1Cl)C(=O)COc1cc(C)ccc1C. The Hall–Kier alpha value is -2.24. The van der Waals surface area contributed by atoms with Gasteiger partial charge in [0, 0.05) is 23.6 Å². The van der Waals surface area contributed by atoms with E-state index in [-0.39, 0.29) is 25.0 Å². The summed E-state index contributed by atoms with van der Waals surface area (Å²) in [7, 11) is 1.55. The summed E-state index contributed by atoms with van der Waals surface area (Å²) in [6.07, 6.45) is 0.458. The van der Waals surface area contributed by atoms with Gasteiger partial charge in [-0.05, 0) is 55.2 Å². The molecule has 0 radical (unpaired) electrons. The van der Waals surface area contributed by atoms with E-state index in [1.807, 2.05) is 39.0 Å². The summed E-state index contributed by atoms with van der Waals surface area (Å²) in [4.78, 5) is 27.0.